The molecule has 1 heterocycles. The molecular formula is C13H20N2O. The van der Waals surface area contributed by atoms with E-state index in [1.54, 1.807) is 0 Å². The van der Waals surface area contributed by atoms with Crippen LogP contribution < -0.4 is 0 Å². The molecule has 0 N–H and O–H groups in total. The number of rotatable bonds is 4. The molecule has 1 aliphatic heterocycles. The monoisotopic (exact) mass is 220 g/mol. The zero-order chi connectivity index (χ0) is 11.6. The lowest BCUT2D eigenvalue weighted by Gasteiger charge is -2.33. The SMILES string of the molecule is CCC1CN(CC2(CC#N)CC2)CCC1=O. The van der Waals surface area contributed by atoms with E-state index < -0.39 is 0 Å². The third-order valence-electron chi connectivity index (χ3n) is 4.07. The van der Waals surface area contributed by atoms with Gasteiger partial charge in [0.2, 0.25) is 0 Å². The van der Waals surface area contributed by atoms with Crippen molar-refractivity contribution in [2.45, 2.75) is 39.0 Å². The fraction of sp³-hybridized carbons (Fsp3) is 0.846. The van der Waals surface area contributed by atoms with Crippen molar-refractivity contribution in [3.05, 3.63) is 0 Å². The van der Waals surface area contributed by atoms with Crippen LogP contribution in [0.4, 0.5) is 0 Å². The van der Waals surface area contributed by atoms with Crippen LogP contribution in [0, 0.1) is 22.7 Å². The summed E-state index contributed by atoms with van der Waals surface area (Å²) in [5, 5.41) is 8.79. The van der Waals surface area contributed by atoms with Gasteiger partial charge in [-0.2, -0.15) is 5.26 Å². The molecule has 0 spiro atoms. The number of carbonyl (C=O) groups is 1. The van der Waals surface area contributed by atoms with Gasteiger partial charge in [0.05, 0.1) is 6.07 Å². The maximum Gasteiger partial charge on any atom is 0.138 e. The molecule has 3 heteroatoms. The number of Topliss-reactive ketones (excluding diaryl/α,β-unsaturated/α-hetero) is 1. The second kappa shape index (κ2) is 4.55. The molecule has 16 heavy (non-hydrogen) atoms. The number of likely N-dealkylation sites (tertiary alicyclic amines) is 1. The Bertz CT molecular complexity index is 314. The normalized spacial score (nSPS) is 28.8. The second-order valence-electron chi connectivity index (χ2n) is 5.39. The number of carbonyl (C=O) groups excluding carboxylic acids is 1. The molecule has 0 radical (unpaired) electrons. The molecule has 0 aromatic carbocycles. The first-order valence-electron chi connectivity index (χ1n) is 6.31. The van der Waals surface area contributed by atoms with Gasteiger partial charge in [-0.1, -0.05) is 6.92 Å². The van der Waals surface area contributed by atoms with Gasteiger partial charge in [-0.15, -0.1) is 0 Å². The van der Waals surface area contributed by atoms with Crippen molar-refractivity contribution in [3.8, 4) is 6.07 Å². The summed E-state index contributed by atoms with van der Waals surface area (Å²) in [5.41, 5.74) is 0.285. The van der Waals surface area contributed by atoms with Crippen molar-refractivity contribution in [1.82, 2.24) is 4.90 Å². The third kappa shape index (κ3) is 2.44. The van der Waals surface area contributed by atoms with E-state index in [-0.39, 0.29) is 11.3 Å². The first-order chi connectivity index (χ1) is 7.69. The predicted octanol–water partition coefficient (Wildman–Crippen LogP) is 1.98. The van der Waals surface area contributed by atoms with Gasteiger partial charge in [-0.3, -0.25) is 4.79 Å². The smallest absolute Gasteiger partial charge is 0.138 e. The summed E-state index contributed by atoms with van der Waals surface area (Å²) in [4.78, 5) is 14.0. The lowest BCUT2D eigenvalue weighted by Crippen LogP contribution is -2.43. The van der Waals surface area contributed by atoms with Gasteiger partial charge in [-0.25, -0.2) is 0 Å². The summed E-state index contributed by atoms with van der Waals surface area (Å²) in [6.45, 7) is 4.95. The standard InChI is InChI=1S/C13H20N2O/c1-2-11-9-15(8-3-12(11)16)10-13(4-5-13)6-7-14/h11H,2-6,8-10H2,1H3. The minimum atomic E-state index is 0.242. The van der Waals surface area contributed by atoms with Gasteiger partial charge in [-0.05, 0) is 24.7 Å². The highest BCUT2D eigenvalue weighted by Gasteiger charge is 2.44. The van der Waals surface area contributed by atoms with E-state index >= 15 is 0 Å². The maximum atomic E-state index is 11.6. The van der Waals surface area contributed by atoms with Crippen LogP contribution in [0.3, 0.4) is 0 Å². The van der Waals surface area contributed by atoms with Crippen LogP contribution in [0.5, 0.6) is 0 Å². The summed E-state index contributed by atoms with van der Waals surface area (Å²) in [7, 11) is 0. The Kier molecular flexibility index (Phi) is 3.30. The van der Waals surface area contributed by atoms with Gasteiger partial charge < -0.3 is 4.90 Å². The predicted molar refractivity (Wildman–Crippen MR) is 61.7 cm³/mol. The Labute approximate surface area is 97.4 Å². The molecule has 1 aliphatic carbocycles. The maximum absolute atomic E-state index is 11.6. The van der Waals surface area contributed by atoms with Crippen LogP contribution in [-0.4, -0.2) is 30.3 Å². The Morgan fingerprint density at radius 1 is 1.56 bits per heavy atom. The summed E-state index contributed by atoms with van der Waals surface area (Å²) in [6.07, 6.45) is 4.75. The largest absolute Gasteiger partial charge is 0.302 e. The quantitative estimate of drug-likeness (QED) is 0.727. The van der Waals surface area contributed by atoms with Crippen molar-refractivity contribution in [2.75, 3.05) is 19.6 Å². The van der Waals surface area contributed by atoms with Crippen LogP contribution in [-0.2, 0) is 4.79 Å². The van der Waals surface area contributed by atoms with Crippen LogP contribution >= 0.6 is 0 Å². The number of hydrogen-bond acceptors (Lipinski definition) is 3. The summed E-state index contributed by atoms with van der Waals surface area (Å²) < 4.78 is 0. The molecule has 0 aromatic heterocycles. The Morgan fingerprint density at radius 2 is 2.31 bits per heavy atom. The molecule has 2 rings (SSSR count). The molecule has 1 saturated heterocycles. The minimum Gasteiger partial charge on any atom is -0.302 e. The highest BCUT2D eigenvalue weighted by atomic mass is 16.1. The van der Waals surface area contributed by atoms with Crippen LogP contribution in [0.15, 0.2) is 0 Å². The second-order valence-corrected chi connectivity index (χ2v) is 5.39. The summed E-state index contributed by atoms with van der Waals surface area (Å²) in [5.74, 6) is 0.676. The molecular weight excluding hydrogens is 200 g/mol. The summed E-state index contributed by atoms with van der Waals surface area (Å²) >= 11 is 0. The molecule has 0 amide bonds. The highest BCUT2D eigenvalue weighted by molar-refractivity contribution is 5.82. The highest BCUT2D eigenvalue weighted by Crippen LogP contribution is 2.49. The van der Waals surface area contributed by atoms with Crippen molar-refractivity contribution < 1.29 is 4.79 Å². The van der Waals surface area contributed by atoms with Gasteiger partial charge >= 0.3 is 0 Å². The fourth-order valence-electron chi connectivity index (χ4n) is 2.69. The molecule has 88 valence electrons. The molecule has 0 aromatic rings. The first kappa shape index (κ1) is 11.6. The molecule has 2 fully saturated rings. The van der Waals surface area contributed by atoms with Gasteiger partial charge in [0.15, 0.2) is 0 Å². The third-order valence-corrected chi connectivity index (χ3v) is 4.07. The van der Waals surface area contributed by atoms with E-state index in [9.17, 15) is 4.79 Å². The number of piperidine rings is 1. The van der Waals surface area contributed by atoms with E-state index in [2.05, 4.69) is 17.9 Å². The van der Waals surface area contributed by atoms with E-state index in [4.69, 9.17) is 5.26 Å². The lowest BCUT2D eigenvalue weighted by atomic mass is 9.92. The Hall–Kier alpha value is -0.880. The Balaban J connectivity index is 1.87. The van der Waals surface area contributed by atoms with Gasteiger partial charge in [0.1, 0.15) is 5.78 Å². The van der Waals surface area contributed by atoms with Crippen LogP contribution in [0.1, 0.15) is 39.0 Å². The molecule has 1 atom stereocenters. The molecule has 3 nitrogen and oxygen atoms in total. The topological polar surface area (TPSA) is 44.1 Å². The van der Waals surface area contributed by atoms with Crippen molar-refractivity contribution >= 4 is 5.78 Å². The van der Waals surface area contributed by atoms with Crippen molar-refractivity contribution in [3.63, 3.8) is 0 Å². The fourth-order valence-corrected chi connectivity index (χ4v) is 2.69. The number of hydrogen-bond donors (Lipinski definition) is 0. The number of ketones is 1. The molecule has 0 bridgehead atoms. The average molecular weight is 220 g/mol. The van der Waals surface area contributed by atoms with Crippen molar-refractivity contribution in [1.29, 1.82) is 5.26 Å². The first-order valence-corrected chi connectivity index (χ1v) is 6.31. The van der Waals surface area contributed by atoms with Gasteiger partial charge in [0.25, 0.3) is 0 Å². The van der Waals surface area contributed by atoms with Gasteiger partial charge in [0, 0.05) is 38.4 Å². The average Bonchev–Trinajstić information content (AvgIpc) is 3.01. The van der Waals surface area contributed by atoms with E-state index in [0.29, 0.717) is 18.6 Å². The minimum absolute atomic E-state index is 0.242. The zero-order valence-electron chi connectivity index (χ0n) is 10.0. The van der Waals surface area contributed by atoms with E-state index in [0.717, 1.165) is 26.1 Å². The van der Waals surface area contributed by atoms with Crippen molar-refractivity contribution in [2.24, 2.45) is 11.3 Å². The van der Waals surface area contributed by atoms with Crippen LogP contribution in [0.25, 0.3) is 0 Å². The number of nitrogens with zero attached hydrogens (tertiary/aromatic N) is 2. The summed E-state index contributed by atoms with van der Waals surface area (Å²) in [6, 6.07) is 2.30. The Morgan fingerprint density at radius 3 is 2.88 bits per heavy atom. The van der Waals surface area contributed by atoms with E-state index in [1.165, 1.54) is 12.8 Å². The molecule has 2 aliphatic rings. The van der Waals surface area contributed by atoms with Crippen LogP contribution in [0.2, 0.25) is 0 Å². The molecule has 1 saturated carbocycles. The van der Waals surface area contributed by atoms with E-state index in [1.807, 2.05) is 0 Å². The molecule has 1 unspecified atom stereocenters. The zero-order valence-corrected chi connectivity index (χ0v) is 10.0. The number of nitriles is 1. The lowest BCUT2D eigenvalue weighted by molar-refractivity contribution is -0.126.